The van der Waals surface area contributed by atoms with Crippen LogP contribution in [-0.4, -0.2) is 104 Å². The summed E-state index contributed by atoms with van der Waals surface area (Å²) in [5.74, 6) is -7.53. The topological polar surface area (TPSA) is 207 Å². The lowest BCUT2D eigenvalue weighted by molar-refractivity contribution is -0.163. The standard InChI is InChI=1S/C32H36F3N5O5.C27H28F3N5O4/c1-20(2)40-28-26(30(41)38(31(40)42)14-6-16-44-25-8-3-4-15-43-25)39(18-21-9-11-23(33)12-10-21)27(37-28)24-7-5-13-36-29(24)45-19-22-17-32(22,34)35;1-16(2)35-23-21(25(37)33(26(35)38)11-4-12-36)34(14-17-6-8-19(28)9-7-17)22(32-23)20-5-3-10-31-24(20)39-15-18-13-27(18,29)30/h5,7,9-13,20,22,25H,3-4,6,8,14-19H2,1-2H3;3,5-10,16,18,36H,4,11-15H2,1-2H3. The van der Waals surface area contributed by atoms with Crippen molar-refractivity contribution in [2.75, 3.05) is 33.0 Å². The number of benzene rings is 2. The Labute approximate surface area is 476 Å². The van der Waals surface area contributed by atoms with Crippen molar-refractivity contribution in [2.24, 2.45) is 11.8 Å². The van der Waals surface area contributed by atoms with Gasteiger partial charge < -0.3 is 33.2 Å². The second kappa shape index (κ2) is 24.7. The van der Waals surface area contributed by atoms with E-state index in [1.807, 2.05) is 13.8 Å². The van der Waals surface area contributed by atoms with Gasteiger partial charge in [-0.1, -0.05) is 24.3 Å². The molecule has 2 aliphatic carbocycles. The molecule has 25 heteroatoms. The molecular weight excluding hydrogens is 1110 g/mol. The van der Waals surface area contributed by atoms with Crippen LogP contribution in [0.4, 0.5) is 26.3 Å². The smallest absolute Gasteiger partial charge is 0.332 e. The molecule has 1 aliphatic heterocycles. The van der Waals surface area contributed by atoms with Crippen molar-refractivity contribution >= 4 is 22.3 Å². The van der Waals surface area contributed by atoms with Gasteiger partial charge in [0.05, 0.1) is 42.8 Å². The monoisotopic (exact) mass is 1170 g/mol. The first-order chi connectivity index (χ1) is 40.3. The van der Waals surface area contributed by atoms with Crippen LogP contribution < -0.4 is 32.0 Å². The summed E-state index contributed by atoms with van der Waals surface area (Å²) in [5, 5.41) is 9.34. The van der Waals surface area contributed by atoms with Crippen LogP contribution in [0.1, 0.15) is 95.9 Å². The average molecular weight is 1170 g/mol. The first kappa shape index (κ1) is 59.3. The summed E-state index contributed by atoms with van der Waals surface area (Å²) in [7, 11) is 0. The summed E-state index contributed by atoms with van der Waals surface area (Å²) in [6.07, 6.45) is 5.58. The molecule has 84 heavy (non-hydrogen) atoms. The first-order valence-corrected chi connectivity index (χ1v) is 28.0. The second-order valence-corrected chi connectivity index (χ2v) is 21.8. The van der Waals surface area contributed by atoms with E-state index in [1.54, 1.807) is 71.5 Å². The molecule has 19 nitrogen and oxygen atoms in total. The molecule has 1 N–H and O–H groups in total. The summed E-state index contributed by atoms with van der Waals surface area (Å²) in [4.78, 5) is 73.0. The van der Waals surface area contributed by atoms with Crippen LogP contribution in [0.2, 0.25) is 0 Å². The van der Waals surface area contributed by atoms with Gasteiger partial charge >= 0.3 is 11.4 Å². The van der Waals surface area contributed by atoms with E-state index in [2.05, 4.69) is 9.97 Å². The Bertz CT molecular complexity index is 3910. The van der Waals surface area contributed by atoms with E-state index in [-0.39, 0.29) is 129 Å². The largest absolute Gasteiger partial charge is 0.477 e. The van der Waals surface area contributed by atoms with Crippen molar-refractivity contribution in [3.05, 3.63) is 150 Å². The molecule has 446 valence electrons. The highest BCUT2D eigenvalue weighted by atomic mass is 19.3. The molecular formula is C59H64F6N10O9. The number of aliphatic hydroxyl groups excluding tert-OH is 1. The van der Waals surface area contributed by atoms with Crippen LogP contribution in [0.3, 0.4) is 0 Å². The maximum absolute atomic E-state index is 14.1. The maximum Gasteiger partial charge on any atom is 0.332 e. The van der Waals surface area contributed by atoms with E-state index in [4.69, 9.17) is 28.9 Å². The lowest BCUT2D eigenvalue weighted by Gasteiger charge is -2.22. The highest BCUT2D eigenvalue weighted by Gasteiger charge is 2.58. The molecule has 0 bridgehead atoms. The van der Waals surface area contributed by atoms with E-state index in [0.29, 0.717) is 41.9 Å². The molecule has 2 aromatic carbocycles. The van der Waals surface area contributed by atoms with E-state index in [0.717, 1.165) is 23.8 Å². The molecule has 0 amide bonds. The Morgan fingerprint density at radius 2 is 1.07 bits per heavy atom. The highest BCUT2D eigenvalue weighted by Crippen LogP contribution is 2.50. The number of fused-ring (bicyclic) bond motifs is 2. The van der Waals surface area contributed by atoms with Crippen molar-refractivity contribution in [1.29, 1.82) is 0 Å². The average Bonchev–Trinajstić information content (AvgIpc) is 4.24. The summed E-state index contributed by atoms with van der Waals surface area (Å²) < 4.78 is 113. The third-order valence-corrected chi connectivity index (χ3v) is 15.0. The van der Waals surface area contributed by atoms with Gasteiger partial charge in [0.25, 0.3) is 23.0 Å². The maximum atomic E-state index is 14.1. The molecule has 3 aliphatic rings. The van der Waals surface area contributed by atoms with Gasteiger partial charge in [-0.2, -0.15) is 0 Å². The number of imidazole rings is 2. The number of halogens is 6. The predicted molar refractivity (Wildman–Crippen MR) is 298 cm³/mol. The van der Waals surface area contributed by atoms with Crippen LogP contribution in [0.15, 0.2) is 104 Å². The van der Waals surface area contributed by atoms with Crippen LogP contribution in [0, 0.1) is 23.5 Å². The fraction of sp³-hybridized carbons (Fsp3) is 0.458. The molecule has 8 aromatic rings. The van der Waals surface area contributed by atoms with Gasteiger partial charge in [0, 0.05) is 76.7 Å². The molecule has 6 aromatic heterocycles. The summed E-state index contributed by atoms with van der Waals surface area (Å²) >= 11 is 0. The number of hydrogen-bond donors (Lipinski definition) is 1. The number of ether oxygens (including phenoxy) is 4. The highest BCUT2D eigenvalue weighted by molar-refractivity contribution is 5.80. The quantitative estimate of drug-likeness (QED) is 0.0498. The molecule has 11 rings (SSSR count). The number of nitrogens with zero attached hydrogens (tertiary/aromatic N) is 10. The lowest BCUT2D eigenvalue weighted by Crippen LogP contribution is -2.41. The normalized spacial score (nSPS) is 17.9. The lowest BCUT2D eigenvalue weighted by atomic mass is 10.2. The van der Waals surface area contributed by atoms with Crippen molar-refractivity contribution in [2.45, 2.75) is 129 Å². The fourth-order valence-corrected chi connectivity index (χ4v) is 10.2. The molecule has 3 fully saturated rings. The predicted octanol–water partition coefficient (Wildman–Crippen LogP) is 8.76. The molecule has 7 heterocycles. The number of pyridine rings is 2. The Hall–Kier alpha value is -7.90. The van der Waals surface area contributed by atoms with Gasteiger partial charge in [-0.05, 0) is 119 Å². The number of hydrogen-bond acceptors (Lipinski definition) is 13. The van der Waals surface area contributed by atoms with Gasteiger partial charge in [-0.25, -0.2) is 55.9 Å². The van der Waals surface area contributed by atoms with Gasteiger partial charge in [-0.3, -0.25) is 27.9 Å². The Morgan fingerprint density at radius 1 is 0.631 bits per heavy atom. The third-order valence-electron chi connectivity index (χ3n) is 15.0. The zero-order valence-corrected chi connectivity index (χ0v) is 46.7. The van der Waals surface area contributed by atoms with E-state index < -0.39 is 57.8 Å². The molecule has 1 saturated heterocycles. The van der Waals surface area contributed by atoms with Crippen molar-refractivity contribution < 1.29 is 50.4 Å². The summed E-state index contributed by atoms with van der Waals surface area (Å²) in [5.41, 5.74) is 0.464. The van der Waals surface area contributed by atoms with Crippen molar-refractivity contribution in [3.8, 4) is 34.5 Å². The molecule has 0 spiro atoms. The van der Waals surface area contributed by atoms with E-state index in [1.165, 1.54) is 50.4 Å². The Morgan fingerprint density at radius 3 is 1.46 bits per heavy atom. The van der Waals surface area contributed by atoms with Crippen LogP contribution >= 0.6 is 0 Å². The molecule has 0 radical (unpaired) electrons. The summed E-state index contributed by atoms with van der Waals surface area (Å²) in [6.45, 7) is 7.83. The Kier molecular flexibility index (Phi) is 17.5. The minimum Gasteiger partial charge on any atom is -0.477 e. The molecule has 3 atom stereocenters. The zero-order chi connectivity index (χ0) is 59.6. The van der Waals surface area contributed by atoms with Crippen LogP contribution in [0.5, 0.6) is 11.8 Å². The first-order valence-electron chi connectivity index (χ1n) is 28.0. The third kappa shape index (κ3) is 12.6. The van der Waals surface area contributed by atoms with Crippen LogP contribution in [-0.2, 0) is 35.7 Å². The van der Waals surface area contributed by atoms with Crippen molar-refractivity contribution in [3.63, 3.8) is 0 Å². The SMILES string of the molecule is CC(C)n1c(=O)n(CCCO)c(=O)c2c1nc(-c1cccnc1OCC1CC1(F)F)n2Cc1ccc(F)cc1.CC(C)n1c(=O)n(CCCOC2CCCCO2)c(=O)c2c1nc(-c1cccnc1OCC1CC1(F)F)n2Cc1ccc(F)cc1. The van der Waals surface area contributed by atoms with E-state index >= 15 is 0 Å². The van der Waals surface area contributed by atoms with Gasteiger partial charge in [-0.15, -0.1) is 0 Å². The fourth-order valence-electron chi connectivity index (χ4n) is 10.2. The minimum atomic E-state index is -2.77. The van der Waals surface area contributed by atoms with Crippen molar-refractivity contribution in [1.82, 2.24) is 47.3 Å². The second-order valence-electron chi connectivity index (χ2n) is 21.8. The molecule has 3 unspecified atom stereocenters. The zero-order valence-electron chi connectivity index (χ0n) is 46.7. The van der Waals surface area contributed by atoms with Gasteiger partial charge in [0.2, 0.25) is 11.8 Å². The summed E-state index contributed by atoms with van der Waals surface area (Å²) in [6, 6.07) is 17.5. The van der Waals surface area contributed by atoms with Crippen LogP contribution in [0.25, 0.3) is 45.1 Å². The van der Waals surface area contributed by atoms with E-state index in [9.17, 15) is 50.6 Å². The molecule has 2 saturated carbocycles. The number of alkyl halides is 4. The number of rotatable bonds is 22. The Balaban J connectivity index is 0.000000189. The minimum absolute atomic E-state index is 0.00470. The number of aromatic nitrogens is 10. The number of aliphatic hydroxyl groups is 1. The van der Waals surface area contributed by atoms with Gasteiger partial charge in [0.15, 0.2) is 28.6 Å². The van der Waals surface area contributed by atoms with Gasteiger partial charge in [0.1, 0.15) is 23.3 Å².